The minimum Gasteiger partial charge on any atom is -0.478 e. The van der Waals surface area contributed by atoms with E-state index in [0.29, 0.717) is 0 Å². The molecule has 2 aromatic carbocycles. The number of carboxylic acid groups (broad SMARTS) is 2. The van der Waals surface area contributed by atoms with Crippen molar-refractivity contribution in [1.29, 1.82) is 0 Å². The fraction of sp³-hybridized carbons (Fsp3) is 0.111. The van der Waals surface area contributed by atoms with E-state index in [1.807, 2.05) is 31.2 Å². The van der Waals surface area contributed by atoms with Crippen LogP contribution >= 0.6 is 0 Å². The highest BCUT2D eigenvalue weighted by molar-refractivity contribution is 5.96. The second-order valence-electron chi connectivity index (χ2n) is 4.50. The minimum absolute atomic E-state index is 0.0277. The molecule has 0 aliphatic carbocycles. The molecule has 0 saturated carbocycles. The van der Waals surface area contributed by atoms with Crippen molar-refractivity contribution >= 4 is 18.0 Å². The van der Waals surface area contributed by atoms with E-state index in [1.165, 1.54) is 30.7 Å². The Bertz CT molecular complexity index is 640. The molecule has 0 fully saturated rings. The molecular formula is C18H18O4. The molecule has 0 aliphatic heterocycles. The third kappa shape index (κ3) is 4.90. The quantitative estimate of drug-likeness (QED) is 0.894. The lowest BCUT2D eigenvalue weighted by Gasteiger charge is -2.03. The van der Waals surface area contributed by atoms with Crippen LogP contribution in [0.4, 0.5) is 0 Å². The summed E-state index contributed by atoms with van der Waals surface area (Å²) < 4.78 is 0. The Morgan fingerprint density at radius 1 is 0.864 bits per heavy atom. The van der Waals surface area contributed by atoms with Crippen LogP contribution in [-0.2, 0) is 0 Å². The molecule has 0 unspecified atom stereocenters. The van der Waals surface area contributed by atoms with Gasteiger partial charge in [-0.15, -0.1) is 0 Å². The van der Waals surface area contributed by atoms with E-state index in [9.17, 15) is 9.59 Å². The highest BCUT2D eigenvalue weighted by Gasteiger charge is 2.13. The van der Waals surface area contributed by atoms with Crippen LogP contribution in [0, 0.1) is 6.92 Å². The summed E-state index contributed by atoms with van der Waals surface area (Å²) in [7, 11) is 0. The average molecular weight is 298 g/mol. The van der Waals surface area contributed by atoms with Crippen LogP contribution in [0.2, 0.25) is 0 Å². The Kier molecular flexibility index (Phi) is 6.57. The molecule has 0 heterocycles. The van der Waals surface area contributed by atoms with E-state index in [0.717, 1.165) is 0 Å². The first kappa shape index (κ1) is 17.2. The predicted molar refractivity (Wildman–Crippen MR) is 86.2 cm³/mol. The van der Waals surface area contributed by atoms with E-state index >= 15 is 0 Å². The van der Waals surface area contributed by atoms with Crippen LogP contribution < -0.4 is 0 Å². The molecule has 0 atom stereocenters. The smallest absolute Gasteiger partial charge is 0.335 e. The van der Waals surface area contributed by atoms with Gasteiger partial charge in [-0.3, -0.25) is 0 Å². The first-order valence-electron chi connectivity index (χ1n) is 6.71. The lowest BCUT2D eigenvalue weighted by molar-refractivity contribution is 0.0696. The molecule has 0 aromatic heterocycles. The Labute approximate surface area is 129 Å². The second-order valence-corrected chi connectivity index (χ2v) is 4.50. The molecule has 0 saturated heterocycles. The monoisotopic (exact) mass is 298 g/mol. The molecule has 114 valence electrons. The molecule has 0 radical (unpaired) electrons. The summed E-state index contributed by atoms with van der Waals surface area (Å²) in [6.07, 6.45) is 4.12. The summed E-state index contributed by atoms with van der Waals surface area (Å²) in [5, 5.41) is 17.4. The van der Waals surface area contributed by atoms with Crippen molar-refractivity contribution in [1.82, 2.24) is 0 Å². The summed E-state index contributed by atoms with van der Waals surface area (Å²) in [6.45, 7) is 3.50. The van der Waals surface area contributed by atoms with Crippen molar-refractivity contribution in [2.24, 2.45) is 0 Å². The zero-order valence-corrected chi connectivity index (χ0v) is 12.5. The van der Waals surface area contributed by atoms with Crippen molar-refractivity contribution in [3.05, 3.63) is 76.9 Å². The standard InChI is InChI=1S/C9H8O4.C9H10/c1-5-6(8(10)11)3-2-4-7(5)9(12)13;1-2-6-9-7-4-3-5-8-9/h2-4H,1H3,(H,10,11)(H,12,13);2-8H,1H3. The summed E-state index contributed by atoms with van der Waals surface area (Å²) in [4.78, 5) is 21.2. The number of carboxylic acids is 2. The third-order valence-corrected chi connectivity index (χ3v) is 2.95. The molecular weight excluding hydrogens is 280 g/mol. The van der Waals surface area contributed by atoms with Crippen molar-refractivity contribution in [3.8, 4) is 0 Å². The molecule has 0 amide bonds. The van der Waals surface area contributed by atoms with Crippen molar-refractivity contribution in [3.63, 3.8) is 0 Å². The van der Waals surface area contributed by atoms with Gasteiger partial charge in [-0.1, -0.05) is 48.6 Å². The van der Waals surface area contributed by atoms with Crippen LogP contribution in [0.15, 0.2) is 54.6 Å². The van der Waals surface area contributed by atoms with Gasteiger partial charge in [0.15, 0.2) is 0 Å². The third-order valence-electron chi connectivity index (χ3n) is 2.95. The molecule has 0 spiro atoms. The van der Waals surface area contributed by atoms with E-state index < -0.39 is 11.9 Å². The van der Waals surface area contributed by atoms with Gasteiger partial charge in [0.05, 0.1) is 11.1 Å². The number of benzene rings is 2. The predicted octanol–water partition coefficient (Wildman–Crippen LogP) is 4.11. The zero-order valence-electron chi connectivity index (χ0n) is 12.5. The number of hydrogen-bond acceptors (Lipinski definition) is 2. The highest BCUT2D eigenvalue weighted by Crippen LogP contribution is 2.13. The number of allylic oxidation sites excluding steroid dienone is 1. The van der Waals surface area contributed by atoms with E-state index in [-0.39, 0.29) is 16.7 Å². The normalized spacial score (nSPS) is 9.91. The Balaban J connectivity index is 0.000000235. The fourth-order valence-electron chi connectivity index (χ4n) is 1.86. The average Bonchev–Trinajstić information content (AvgIpc) is 2.49. The van der Waals surface area contributed by atoms with Gasteiger partial charge >= 0.3 is 11.9 Å². The van der Waals surface area contributed by atoms with Crippen LogP contribution in [-0.4, -0.2) is 22.2 Å². The number of rotatable bonds is 3. The van der Waals surface area contributed by atoms with Gasteiger partial charge < -0.3 is 10.2 Å². The molecule has 4 heteroatoms. The maximum atomic E-state index is 10.6. The van der Waals surface area contributed by atoms with Gasteiger partial charge in [-0.05, 0) is 37.1 Å². The number of hydrogen-bond donors (Lipinski definition) is 2. The van der Waals surface area contributed by atoms with Crippen LogP contribution in [0.3, 0.4) is 0 Å². The van der Waals surface area contributed by atoms with E-state index in [4.69, 9.17) is 10.2 Å². The first-order chi connectivity index (χ1) is 10.5. The SMILES string of the molecule is CC=Cc1ccccc1.Cc1c(C(=O)O)cccc1C(=O)O. The summed E-state index contributed by atoms with van der Waals surface area (Å²) >= 11 is 0. The Morgan fingerprint density at radius 2 is 1.36 bits per heavy atom. The summed E-state index contributed by atoms with van der Waals surface area (Å²) in [5.74, 6) is -2.22. The number of carbonyl (C=O) groups is 2. The molecule has 4 nitrogen and oxygen atoms in total. The van der Waals surface area contributed by atoms with Crippen LogP contribution in [0.5, 0.6) is 0 Å². The minimum atomic E-state index is -1.11. The van der Waals surface area contributed by atoms with Gasteiger partial charge in [-0.25, -0.2) is 9.59 Å². The maximum Gasteiger partial charge on any atom is 0.335 e. The molecule has 2 aromatic rings. The van der Waals surface area contributed by atoms with E-state index in [2.05, 4.69) is 18.2 Å². The van der Waals surface area contributed by atoms with E-state index in [1.54, 1.807) is 0 Å². The summed E-state index contributed by atoms with van der Waals surface area (Å²) in [5.41, 5.74) is 1.60. The first-order valence-corrected chi connectivity index (χ1v) is 6.71. The zero-order chi connectivity index (χ0) is 16.5. The van der Waals surface area contributed by atoms with Gasteiger partial charge in [0.2, 0.25) is 0 Å². The molecule has 0 bridgehead atoms. The van der Waals surface area contributed by atoms with Gasteiger partial charge in [0, 0.05) is 0 Å². The van der Waals surface area contributed by atoms with Gasteiger partial charge in [0.1, 0.15) is 0 Å². The molecule has 22 heavy (non-hydrogen) atoms. The topological polar surface area (TPSA) is 74.6 Å². The van der Waals surface area contributed by atoms with Crippen molar-refractivity contribution < 1.29 is 19.8 Å². The lowest BCUT2D eigenvalue weighted by Crippen LogP contribution is -2.06. The second kappa shape index (κ2) is 8.42. The van der Waals surface area contributed by atoms with Gasteiger partial charge in [-0.2, -0.15) is 0 Å². The molecule has 0 aliphatic rings. The largest absolute Gasteiger partial charge is 0.478 e. The van der Waals surface area contributed by atoms with Crippen LogP contribution in [0.25, 0.3) is 6.08 Å². The molecule has 2 rings (SSSR count). The van der Waals surface area contributed by atoms with Gasteiger partial charge in [0.25, 0.3) is 0 Å². The Morgan fingerprint density at radius 3 is 1.77 bits per heavy atom. The van der Waals surface area contributed by atoms with Crippen LogP contribution in [0.1, 0.15) is 38.8 Å². The van der Waals surface area contributed by atoms with Crippen molar-refractivity contribution in [2.75, 3.05) is 0 Å². The lowest BCUT2D eigenvalue weighted by atomic mass is 10.0. The number of aromatic carboxylic acids is 2. The Hall–Kier alpha value is -2.88. The fourth-order valence-corrected chi connectivity index (χ4v) is 1.86. The van der Waals surface area contributed by atoms with Crippen molar-refractivity contribution in [2.45, 2.75) is 13.8 Å². The maximum absolute atomic E-state index is 10.6. The summed E-state index contributed by atoms with van der Waals surface area (Å²) in [6, 6.07) is 14.4. The highest BCUT2D eigenvalue weighted by atomic mass is 16.4. The molecule has 2 N–H and O–H groups in total.